The van der Waals surface area contributed by atoms with Crippen molar-refractivity contribution in [3.63, 3.8) is 0 Å². The van der Waals surface area contributed by atoms with Crippen LogP contribution in [0.5, 0.6) is 11.5 Å². The molecule has 0 bridgehead atoms. The van der Waals surface area contributed by atoms with Gasteiger partial charge in [-0.2, -0.15) is 15.0 Å². The minimum absolute atomic E-state index is 0.0789. The molecule has 24 heavy (non-hydrogen) atoms. The molecule has 0 amide bonds. The molecule has 2 aromatic heterocycles. The summed E-state index contributed by atoms with van der Waals surface area (Å²) in [6.07, 6.45) is 1.60. The average Bonchev–Trinajstić information content (AvgIpc) is 3.23. The summed E-state index contributed by atoms with van der Waals surface area (Å²) in [6, 6.07) is 9.10. The van der Waals surface area contributed by atoms with Gasteiger partial charge in [-0.05, 0) is 35.9 Å². The summed E-state index contributed by atoms with van der Waals surface area (Å²) in [4.78, 5) is 12.4. The lowest BCUT2D eigenvalue weighted by Gasteiger charge is -2.08. The molecule has 0 aliphatic carbocycles. The predicted molar refractivity (Wildman–Crippen MR) is 86.7 cm³/mol. The van der Waals surface area contributed by atoms with Gasteiger partial charge in [-0.3, -0.25) is 0 Å². The number of nitrogens with zero attached hydrogens (tertiary/aromatic N) is 3. The Morgan fingerprint density at radius 3 is 2.79 bits per heavy atom. The van der Waals surface area contributed by atoms with E-state index in [9.17, 15) is 0 Å². The van der Waals surface area contributed by atoms with E-state index in [0.717, 1.165) is 11.4 Å². The molecule has 2 N–H and O–H groups in total. The van der Waals surface area contributed by atoms with Crippen LogP contribution in [-0.4, -0.2) is 21.7 Å². The summed E-state index contributed by atoms with van der Waals surface area (Å²) in [5.74, 6) is 2.79. The van der Waals surface area contributed by atoms with Crippen LogP contribution in [-0.2, 0) is 6.54 Å². The van der Waals surface area contributed by atoms with Crippen LogP contribution in [0.4, 0.5) is 17.6 Å². The molecule has 3 aromatic rings. The minimum Gasteiger partial charge on any atom is -0.467 e. The highest BCUT2D eigenvalue weighted by molar-refractivity contribution is 6.28. The fourth-order valence-electron chi connectivity index (χ4n) is 2.17. The van der Waals surface area contributed by atoms with Gasteiger partial charge < -0.3 is 24.5 Å². The smallest absolute Gasteiger partial charge is 0.233 e. The van der Waals surface area contributed by atoms with Gasteiger partial charge in [0.25, 0.3) is 0 Å². The number of benzene rings is 1. The van der Waals surface area contributed by atoms with Crippen LogP contribution in [0.1, 0.15) is 5.76 Å². The molecule has 1 aliphatic rings. The Balaban J connectivity index is 1.50. The van der Waals surface area contributed by atoms with Crippen LogP contribution in [0.3, 0.4) is 0 Å². The Morgan fingerprint density at radius 1 is 1.04 bits per heavy atom. The van der Waals surface area contributed by atoms with Gasteiger partial charge in [-0.15, -0.1) is 0 Å². The molecule has 1 aliphatic heterocycles. The van der Waals surface area contributed by atoms with Crippen molar-refractivity contribution in [2.75, 3.05) is 17.4 Å². The van der Waals surface area contributed by atoms with Crippen molar-refractivity contribution in [1.29, 1.82) is 0 Å². The number of hydrogen-bond donors (Lipinski definition) is 2. The Labute approximate surface area is 141 Å². The van der Waals surface area contributed by atoms with Crippen LogP contribution >= 0.6 is 11.6 Å². The molecule has 4 rings (SSSR count). The summed E-state index contributed by atoms with van der Waals surface area (Å²) in [5.41, 5.74) is 0.749. The molecule has 9 heteroatoms. The Hall–Kier alpha value is -3.00. The van der Waals surface area contributed by atoms with Crippen molar-refractivity contribution in [1.82, 2.24) is 15.0 Å². The van der Waals surface area contributed by atoms with Gasteiger partial charge in [0.15, 0.2) is 11.5 Å². The molecule has 0 atom stereocenters. The number of furan rings is 1. The molecule has 8 nitrogen and oxygen atoms in total. The molecule has 0 spiro atoms. The van der Waals surface area contributed by atoms with Crippen molar-refractivity contribution in [3.8, 4) is 11.5 Å². The summed E-state index contributed by atoms with van der Waals surface area (Å²) >= 11 is 5.96. The zero-order valence-electron chi connectivity index (χ0n) is 12.3. The maximum Gasteiger partial charge on any atom is 0.233 e. The van der Waals surface area contributed by atoms with Crippen LogP contribution in [0.15, 0.2) is 41.0 Å². The highest BCUT2D eigenvalue weighted by Crippen LogP contribution is 2.34. The number of ether oxygens (including phenoxy) is 2. The fraction of sp³-hybridized carbons (Fsp3) is 0.133. The van der Waals surface area contributed by atoms with Crippen LogP contribution in [0, 0.1) is 0 Å². The number of rotatable bonds is 5. The quantitative estimate of drug-likeness (QED) is 0.728. The van der Waals surface area contributed by atoms with Gasteiger partial charge in [0, 0.05) is 11.8 Å². The second-order valence-electron chi connectivity index (χ2n) is 4.88. The first-order valence-corrected chi connectivity index (χ1v) is 7.48. The average molecular weight is 346 g/mol. The van der Waals surface area contributed by atoms with E-state index in [0.29, 0.717) is 29.9 Å². The maximum absolute atomic E-state index is 5.96. The Kier molecular flexibility index (Phi) is 3.80. The second-order valence-corrected chi connectivity index (χ2v) is 5.22. The van der Waals surface area contributed by atoms with Gasteiger partial charge in [0.1, 0.15) is 5.76 Å². The van der Waals surface area contributed by atoms with Gasteiger partial charge in [0.2, 0.25) is 24.0 Å². The first-order chi connectivity index (χ1) is 11.8. The van der Waals surface area contributed by atoms with E-state index in [1.165, 1.54) is 0 Å². The number of aromatic nitrogens is 3. The van der Waals surface area contributed by atoms with E-state index in [4.69, 9.17) is 25.5 Å². The number of anilines is 3. The molecular formula is C15H12ClN5O3. The minimum atomic E-state index is 0.0789. The van der Waals surface area contributed by atoms with Crippen LogP contribution in [0.25, 0.3) is 0 Å². The highest BCUT2D eigenvalue weighted by atomic mass is 35.5. The first-order valence-electron chi connectivity index (χ1n) is 7.11. The molecule has 0 fully saturated rings. The molecule has 0 radical (unpaired) electrons. The number of halogens is 1. The summed E-state index contributed by atoms with van der Waals surface area (Å²) in [7, 11) is 0. The van der Waals surface area contributed by atoms with Crippen molar-refractivity contribution in [2.24, 2.45) is 0 Å². The van der Waals surface area contributed by atoms with E-state index in [-0.39, 0.29) is 12.1 Å². The van der Waals surface area contributed by atoms with Crippen LogP contribution < -0.4 is 20.1 Å². The molecule has 3 heterocycles. The van der Waals surface area contributed by atoms with E-state index in [1.807, 2.05) is 24.3 Å². The van der Waals surface area contributed by atoms with E-state index in [2.05, 4.69) is 25.6 Å². The van der Waals surface area contributed by atoms with Crippen LogP contribution in [0.2, 0.25) is 5.28 Å². The molecular weight excluding hydrogens is 334 g/mol. The number of hydrogen-bond acceptors (Lipinski definition) is 8. The number of fused-ring (bicyclic) bond motifs is 1. The van der Waals surface area contributed by atoms with Gasteiger partial charge in [-0.25, -0.2) is 0 Å². The number of nitrogens with one attached hydrogen (secondary N) is 2. The predicted octanol–water partition coefficient (Wildman–Crippen LogP) is 3.20. The summed E-state index contributed by atoms with van der Waals surface area (Å²) < 4.78 is 15.9. The molecule has 0 unspecified atom stereocenters. The lowest BCUT2D eigenvalue weighted by molar-refractivity contribution is 0.174. The van der Waals surface area contributed by atoms with Crippen molar-refractivity contribution >= 4 is 29.2 Å². The standard InChI is InChI=1S/C15H12ClN5O3/c16-13-19-14(17-7-10-2-1-5-22-10)21-15(20-13)18-9-3-4-11-12(6-9)24-8-23-11/h1-6H,7-8H2,(H2,17,18,19,20,21). The van der Waals surface area contributed by atoms with E-state index in [1.54, 1.807) is 12.3 Å². The third-order valence-electron chi connectivity index (χ3n) is 3.24. The monoisotopic (exact) mass is 345 g/mol. The van der Waals surface area contributed by atoms with Gasteiger partial charge >= 0.3 is 0 Å². The molecule has 122 valence electrons. The lowest BCUT2D eigenvalue weighted by Crippen LogP contribution is -2.07. The second kappa shape index (κ2) is 6.25. The van der Waals surface area contributed by atoms with Crippen molar-refractivity contribution in [3.05, 3.63) is 47.6 Å². The van der Waals surface area contributed by atoms with Gasteiger partial charge in [0.05, 0.1) is 12.8 Å². The topological polar surface area (TPSA) is 94.3 Å². The van der Waals surface area contributed by atoms with Crippen molar-refractivity contribution in [2.45, 2.75) is 6.54 Å². The largest absolute Gasteiger partial charge is 0.467 e. The normalized spacial score (nSPS) is 12.2. The van der Waals surface area contributed by atoms with E-state index < -0.39 is 0 Å². The lowest BCUT2D eigenvalue weighted by atomic mass is 10.3. The molecule has 0 saturated carbocycles. The van der Waals surface area contributed by atoms with E-state index >= 15 is 0 Å². The van der Waals surface area contributed by atoms with Crippen molar-refractivity contribution < 1.29 is 13.9 Å². The highest BCUT2D eigenvalue weighted by Gasteiger charge is 2.14. The van der Waals surface area contributed by atoms with Gasteiger partial charge in [-0.1, -0.05) is 0 Å². The summed E-state index contributed by atoms with van der Waals surface area (Å²) in [6.45, 7) is 0.661. The molecule has 1 aromatic carbocycles. The Bertz CT molecular complexity index is 856. The third kappa shape index (κ3) is 3.18. The Morgan fingerprint density at radius 2 is 1.92 bits per heavy atom. The third-order valence-corrected chi connectivity index (χ3v) is 3.41. The molecule has 0 saturated heterocycles. The fourth-order valence-corrected chi connectivity index (χ4v) is 2.33. The summed E-state index contributed by atoms with van der Waals surface area (Å²) in [5, 5.41) is 6.17. The zero-order chi connectivity index (χ0) is 16.4. The SMILES string of the molecule is Clc1nc(NCc2ccco2)nc(Nc2ccc3c(c2)OCO3)n1. The zero-order valence-corrected chi connectivity index (χ0v) is 13.1. The maximum atomic E-state index is 5.96. The first kappa shape index (κ1) is 14.6.